The minimum atomic E-state index is -1.15. The molecule has 1 unspecified atom stereocenters. The summed E-state index contributed by atoms with van der Waals surface area (Å²) < 4.78 is 33.9. The first-order chi connectivity index (χ1) is 12.9. The van der Waals surface area contributed by atoms with E-state index in [0.29, 0.717) is 23.2 Å². The number of nitrogens with zero attached hydrogens (tertiary/aromatic N) is 2. The van der Waals surface area contributed by atoms with Crippen LogP contribution in [-0.2, 0) is 11.3 Å². The monoisotopic (exact) mass is 376 g/mol. The average molecular weight is 376 g/mol. The molecule has 0 aliphatic carbocycles. The number of ether oxygens (including phenoxy) is 1. The van der Waals surface area contributed by atoms with Gasteiger partial charge < -0.3 is 19.9 Å². The van der Waals surface area contributed by atoms with Crippen molar-refractivity contribution in [3.05, 3.63) is 53.3 Å². The van der Waals surface area contributed by atoms with Crippen LogP contribution in [0.4, 0.5) is 8.78 Å². The van der Waals surface area contributed by atoms with Crippen LogP contribution in [0.15, 0.2) is 42.1 Å². The Hall–Kier alpha value is -2.74. The molecule has 0 saturated heterocycles. The molecule has 1 aliphatic rings. The minimum Gasteiger partial charge on any atom is -0.360 e. The number of dihydropyridines is 1. The van der Waals surface area contributed by atoms with E-state index < -0.39 is 24.1 Å². The zero-order valence-electron chi connectivity index (χ0n) is 15.4. The summed E-state index contributed by atoms with van der Waals surface area (Å²) in [6.45, 7) is 3.51. The fraction of sp³-hybridized carbons (Fsp3) is 0.368. The van der Waals surface area contributed by atoms with Gasteiger partial charge in [0, 0.05) is 44.4 Å². The van der Waals surface area contributed by atoms with E-state index in [4.69, 9.17) is 4.74 Å². The number of carbonyl (C=O) groups is 1. The van der Waals surface area contributed by atoms with Crippen molar-refractivity contribution in [1.29, 1.82) is 0 Å². The minimum absolute atomic E-state index is 0.0752. The summed E-state index contributed by atoms with van der Waals surface area (Å²) in [5, 5.41) is 5.39. The Balaban J connectivity index is 1.99. The van der Waals surface area contributed by atoms with Crippen molar-refractivity contribution >= 4 is 16.9 Å². The summed E-state index contributed by atoms with van der Waals surface area (Å²) in [7, 11) is 1.53. The molecule has 0 aromatic carbocycles. The molecule has 2 aromatic rings. The van der Waals surface area contributed by atoms with Crippen LogP contribution >= 0.6 is 0 Å². The lowest BCUT2D eigenvalue weighted by molar-refractivity contribution is 0.0944. The number of aryl methyl sites for hydroxylation is 1. The molecule has 0 saturated carbocycles. The van der Waals surface area contributed by atoms with Gasteiger partial charge in [0.05, 0.1) is 11.1 Å². The molecule has 2 N–H and O–H groups in total. The van der Waals surface area contributed by atoms with E-state index in [1.165, 1.54) is 26.3 Å². The molecule has 1 amide bonds. The highest BCUT2D eigenvalue weighted by atomic mass is 19.1. The Morgan fingerprint density at radius 3 is 3.00 bits per heavy atom. The van der Waals surface area contributed by atoms with E-state index >= 15 is 0 Å². The van der Waals surface area contributed by atoms with Crippen LogP contribution in [0.3, 0.4) is 0 Å². The number of aromatic nitrogens is 2. The fourth-order valence-electron chi connectivity index (χ4n) is 2.99. The topological polar surface area (TPSA) is 68.2 Å². The summed E-state index contributed by atoms with van der Waals surface area (Å²) >= 11 is 0. The summed E-state index contributed by atoms with van der Waals surface area (Å²) in [6.07, 6.45) is 4.36. The van der Waals surface area contributed by atoms with Gasteiger partial charge >= 0.3 is 0 Å². The largest absolute Gasteiger partial charge is 0.360 e. The van der Waals surface area contributed by atoms with Gasteiger partial charge in [0.2, 0.25) is 0 Å². The van der Waals surface area contributed by atoms with Crippen LogP contribution in [-0.4, -0.2) is 41.5 Å². The molecule has 0 bridgehead atoms. The van der Waals surface area contributed by atoms with E-state index in [9.17, 15) is 13.6 Å². The maximum absolute atomic E-state index is 13.7. The Labute approximate surface area is 155 Å². The van der Waals surface area contributed by atoms with E-state index in [0.717, 1.165) is 11.1 Å². The molecule has 2 atom stereocenters. The Bertz CT molecular complexity index is 918. The maximum atomic E-state index is 13.7. The van der Waals surface area contributed by atoms with Gasteiger partial charge in [-0.25, -0.2) is 8.78 Å². The number of amides is 1. The number of fused-ring (bicyclic) bond motifs is 1. The van der Waals surface area contributed by atoms with Gasteiger partial charge in [-0.1, -0.05) is 0 Å². The number of allylic oxidation sites excluding steroid dienone is 2. The number of hydrogen-bond donors (Lipinski definition) is 2. The van der Waals surface area contributed by atoms with Gasteiger partial charge in [-0.15, -0.1) is 0 Å². The van der Waals surface area contributed by atoms with Crippen molar-refractivity contribution in [3.63, 3.8) is 0 Å². The van der Waals surface area contributed by atoms with Crippen molar-refractivity contribution in [2.24, 2.45) is 0 Å². The van der Waals surface area contributed by atoms with E-state index in [-0.39, 0.29) is 6.54 Å². The van der Waals surface area contributed by atoms with Gasteiger partial charge in [0.1, 0.15) is 17.5 Å². The lowest BCUT2D eigenvalue weighted by Gasteiger charge is -2.23. The zero-order chi connectivity index (χ0) is 19.6. The molecular weight excluding hydrogens is 354 g/mol. The number of methoxy groups -OCH3 is 1. The lowest BCUT2D eigenvalue weighted by Crippen LogP contribution is -2.32. The highest BCUT2D eigenvalue weighted by Crippen LogP contribution is 2.24. The van der Waals surface area contributed by atoms with Crippen molar-refractivity contribution < 1.29 is 18.3 Å². The Kier molecular flexibility index (Phi) is 5.55. The molecule has 6 nitrogen and oxygen atoms in total. The molecule has 3 heterocycles. The second-order valence-corrected chi connectivity index (χ2v) is 6.57. The predicted octanol–water partition coefficient (Wildman–Crippen LogP) is 2.75. The number of halogens is 2. The summed E-state index contributed by atoms with van der Waals surface area (Å²) in [5.41, 5.74) is 3.19. The van der Waals surface area contributed by atoms with Crippen LogP contribution in [0.5, 0.6) is 0 Å². The molecule has 0 fully saturated rings. The van der Waals surface area contributed by atoms with Gasteiger partial charge in [0.25, 0.3) is 5.91 Å². The van der Waals surface area contributed by atoms with E-state index in [1.54, 1.807) is 12.4 Å². The number of alkyl halides is 1. The van der Waals surface area contributed by atoms with Gasteiger partial charge in [-0.3, -0.25) is 9.78 Å². The average Bonchev–Trinajstić information content (AvgIpc) is 2.97. The third kappa shape index (κ3) is 4.16. The number of pyridine rings is 1. The van der Waals surface area contributed by atoms with Crippen molar-refractivity contribution in [1.82, 2.24) is 20.2 Å². The summed E-state index contributed by atoms with van der Waals surface area (Å²) in [5.74, 6) is -0.802. The predicted molar refractivity (Wildman–Crippen MR) is 98.6 cm³/mol. The van der Waals surface area contributed by atoms with Crippen LogP contribution < -0.4 is 10.6 Å². The van der Waals surface area contributed by atoms with E-state index in [1.807, 2.05) is 17.6 Å². The molecule has 1 aliphatic heterocycles. The van der Waals surface area contributed by atoms with E-state index in [2.05, 4.69) is 15.6 Å². The molecule has 0 spiro atoms. The smallest absolute Gasteiger partial charge is 0.255 e. The number of nitrogens with one attached hydrogen (secondary N) is 2. The fourth-order valence-corrected chi connectivity index (χ4v) is 2.99. The second-order valence-electron chi connectivity index (χ2n) is 6.57. The highest BCUT2D eigenvalue weighted by molar-refractivity contribution is 6.05. The normalized spacial score (nSPS) is 17.9. The third-order valence-electron chi connectivity index (χ3n) is 4.26. The first-order valence-corrected chi connectivity index (χ1v) is 8.61. The summed E-state index contributed by atoms with van der Waals surface area (Å²) in [4.78, 5) is 16.8. The van der Waals surface area contributed by atoms with Crippen molar-refractivity contribution in [2.75, 3.05) is 13.7 Å². The van der Waals surface area contributed by atoms with Gasteiger partial charge in [-0.05, 0) is 31.6 Å². The molecule has 8 heteroatoms. The summed E-state index contributed by atoms with van der Waals surface area (Å²) in [6, 6.07) is 1.90. The first kappa shape index (κ1) is 19.0. The van der Waals surface area contributed by atoms with Crippen molar-refractivity contribution in [3.8, 4) is 0 Å². The molecule has 144 valence electrons. The molecule has 2 aromatic heterocycles. The van der Waals surface area contributed by atoms with Gasteiger partial charge in [-0.2, -0.15) is 0 Å². The SMILES string of the molecule is COC1NC=C(F)C=C1Cn1cc(C(=O)NC[C@H](C)F)c2ncc(C)cc21. The maximum Gasteiger partial charge on any atom is 0.255 e. The zero-order valence-corrected chi connectivity index (χ0v) is 15.4. The molecule has 0 radical (unpaired) electrons. The molecule has 3 rings (SSSR count). The third-order valence-corrected chi connectivity index (χ3v) is 4.26. The van der Waals surface area contributed by atoms with Crippen LogP contribution in [0.2, 0.25) is 0 Å². The van der Waals surface area contributed by atoms with Crippen LogP contribution in [0, 0.1) is 6.92 Å². The first-order valence-electron chi connectivity index (χ1n) is 8.61. The highest BCUT2D eigenvalue weighted by Gasteiger charge is 2.21. The quantitative estimate of drug-likeness (QED) is 0.814. The molecular formula is C19H22F2N4O2. The Morgan fingerprint density at radius 1 is 1.52 bits per heavy atom. The lowest BCUT2D eigenvalue weighted by atomic mass is 10.1. The van der Waals surface area contributed by atoms with Crippen LogP contribution in [0.25, 0.3) is 11.0 Å². The number of carbonyl (C=O) groups excluding carboxylic acids is 1. The molecule has 27 heavy (non-hydrogen) atoms. The Morgan fingerprint density at radius 2 is 2.30 bits per heavy atom. The number of rotatable bonds is 6. The number of hydrogen-bond acceptors (Lipinski definition) is 4. The van der Waals surface area contributed by atoms with Crippen molar-refractivity contribution in [2.45, 2.75) is 32.8 Å². The second kappa shape index (κ2) is 7.87. The van der Waals surface area contributed by atoms with Crippen LogP contribution in [0.1, 0.15) is 22.8 Å². The van der Waals surface area contributed by atoms with Gasteiger partial charge in [0.15, 0.2) is 6.23 Å². The standard InChI is InChI=1S/C19H22F2N4O2/c1-11-4-16-17(22-6-11)15(18(26)23-7-12(2)20)10-25(16)9-13-5-14(21)8-24-19(13)27-3/h4-6,8,10,12,19,24H,7,9H2,1-3H3,(H,23,26)/t12-,19?/m0/s1.